The van der Waals surface area contributed by atoms with Crippen molar-refractivity contribution in [2.75, 3.05) is 20.8 Å². The summed E-state index contributed by atoms with van der Waals surface area (Å²) in [5.74, 6) is 1.92. The highest BCUT2D eigenvalue weighted by molar-refractivity contribution is 5.42. The maximum absolute atomic E-state index is 9.08. The fraction of sp³-hybridized carbons (Fsp3) is 0.312. The molecule has 0 amide bonds. The van der Waals surface area contributed by atoms with Crippen LogP contribution in [-0.2, 0) is 13.0 Å². The second-order valence-corrected chi connectivity index (χ2v) is 4.36. The Hall–Kier alpha value is -2.27. The molecule has 0 aliphatic heterocycles. The highest BCUT2D eigenvalue weighted by Gasteiger charge is 2.12. The molecule has 0 radical (unpaired) electrons. The van der Waals surface area contributed by atoms with Crippen LogP contribution in [0.3, 0.4) is 0 Å². The normalized spacial score (nSPS) is 10.2. The fourth-order valence-corrected chi connectivity index (χ4v) is 2.07. The predicted molar refractivity (Wildman–Crippen MR) is 78.9 cm³/mol. The highest BCUT2D eigenvalue weighted by Crippen LogP contribution is 2.30. The number of hydrogen-bond acceptors (Lipinski definition) is 5. The Balaban J connectivity index is 2.17. The number of para-hydroxylation sites is 1. The molecule has 0 aliphatic rings. The maximum Gasteiger partial charge on any atom is 0.185 e. The molecule has 0 fully saturated rings. The Kier molecular flexibility index (Phi) is 5.40. The molecule has 112 valence electrons. The van der Waals surface area contributed by atoms with Crippen LogP contribution in [0.1, 0.15) is 11.3 Å². The van der Waals surface area contributed by atoms with E-state index in [9.17, 15) is 0 Å². The van der Waals surface area contributed by atoms with Crippen LogP contribution in [0.25, 0.3) is 0 Å². The molecule has 1 heterocycles. The second-order valence-electron chi connectivity index (χ2n) is 4.36. The smallest absolute Gasteiger partial charge is 0.185 e. The van der Waals surface area contributed by atoms with Crippen molar-refractivity contribution in [1.29, 1.82) is 0 Å². The van der Waals surface area contributed by atoms with E-state index < -0.39 is 0 Å². The molecule has 0 spiro atoms. The molecule has 2 aromatic rings. The number of methoxy groups -OCH3 is 2. The standard InChI is InChI=1S/C16H19NO4/c1-19-15-7-9-17-13(16(15)20-2)11-21-14-6-4-3-5-12(14)8-10-18/h3-7,9,18H,8,10-11H2,1-2H3. The summed E-state index contributed by atoms with van der Waals surface area (Å²) in [4.78, 5) is 4.27. The van der Waals surface area contributed by atoms with Gasteiger partial charge in [-0.3, -0.25) is 4.98 Å². The van der Waals surface area contributed by atoms with E-state index in [2.05, 4.69) is 4.98 Å². The second kappa shape index (κ2) is 7.50. The molecular weight excluding hydrogens is 270 g/mol. The number of pyridine rings is 1. The van der Waals surface area contributed by atoms with E-state index in [-0.39, 0.29) is 13.2 Å². The van der Waals surface area contributed by atoms with Gasteiger partial charge in [0.05, 0.1) is 14.2 Å². The molecule has 0 saturated carbocycles. The topological polar surface area (TPSA) is 60.8 Å². The lowest BCUT2D eigenvalue weighted by atomic mass is 10.1. The van der Waals surface area contributed by atoms with Crippen LogP contribution >= 0.6 is 0 Å². The Morgan fingerprint density at radius 1 is 1.05 bits per heavy atom. The average molecular weight is 289 g/mol. The average Bonchev–Trinajstić information content (AvgIpc) is 2.53. The minimum atomic E-state index is 0.0844. The third-order valence-corrected chi connectivity index (χ3v) is 3.08. The molecule has 0 atom stereocenters. The van der Waals surface area contributed by atoms with Crippen molar-refractivity contribution in [3.05, 3.63) is 47.8 Å². The molecule has 5 heteroatoms. The molecule has 0 aliphatic carbocycles. The van der Waals surface area contributed by atoms with Gasteiger partial charge in [0.1, 0.15) is 18.1 Å². The summed E-state index contributed by atoms with van der Waals surface area (Å²) < 4.78 is 16.4. The lowest BCUT2D eigenvalue weighted by Gasteiger charge is -2.14. The number of benzene rings is 1. The molecule has 1 aromatic carbocycles. The van der Waals surface area contributed by atoms with Gasteiger partial charge in [-0.15, -0.1) is 0 Å². The lowest BCUT2D eigenvalue weighted by molar-refractivity contribution is 0.273. The Labute approximate surface area is 124 Å². The van der Waals surface area contributed by atoms with Crippen LogP contribution < -0.4 is 14.2 Å². The van der Waals surface area contributed by atoms with Crippen LogP contribution in [0.5, 0.6) is 17.2 Å². The first kappa shape index (κ1) is 15.1. The lowest BCUT2D eigenvalue weighted by Crippen LogP contribution is -2.04. The first-order valence-electron chi connectivity index (χ1n) is 6.67. The highest BCUT2D eigenvalue weighted by atomic mass is 16.5. The van der Waals surface area contributed by atoms with E-state index in [1.807, 2.05) is 24.3 Å². The van der Waals surface area contributed by atoms with Gasteiger partial charge in [-0.2, -0.15) is 0 Å². The largest absolute Gasteiger partial charge is 0.493 e. The number of rotatable bonds is 7. The number of aromatic nitrogens is 1. The third kappa shape index (κ3) is 3.64. The molecular formula is C16H19NO4. The minimum Gasteiger partial charge on any atom is -0.493 e. The van der Waals surface area contributed by atoms with E-state index in [4.69, 9.17) is 19.3 Å². The van der Waals surface area contributed by atoms with Crippen LogP contribution in [0.4, 0.5) is 0 Å². The fourth-order valence-electron chi connectivity index (χ4n) is 2.07. The van der Waals surface area contributed by atoms with Crippen LogP contribution in [0, 0.1) is 0 Å². The number of aliphatic hydroxyl groups is 1. The molecule has 0 saturated heterocycles. The summed E-state index contributed by atoms with van der Waals surface area (Å²) >= 11 is 0. The Morgan fingerprint density at radius 2 is 1.86 bits per heavy atom. The first-order valence-corrected chi connectivity index (χ1v) is 6.67. The maximum atomic E-state index is 9.08. The molecule has 21 heavy (non-hydrogen) atoms. The molecule has 1 aromatic heterocycles. The monoisotopic (exact) mass is 289 g/mol. The number of ether oxygens (including phenoxy) is 3. The van der Waals surface area contributed by atoms with Gasteiger partial charge in [0, 0.05) is 18.9 Å². The van der Waals surface area contributed by atoms with Crippen molar-refractivity contribution in [3.8, 4) is 17.2 Å². The molecule has 0 bridgehead atoms. The minimum absolute atomic E-state index is 0.0844. The van der Waals surface area contributed by atoms with Gasteiger partial charge >= 0.3 is 0 Å². The van der Waals surface area contributed by atoms with Crippen molar-refractivity contribution >= 4 is 0 Å². The zero-order valence-corrected chi connectivity index (χ0v) is 12.2. The molecule has 0 unspecified atom stereocenters. The van der Waals surface area contributed by atoms with E-state index in [1.54, 1.807) is 26.5 Å². The van der Waals surface area contributed by atoms with Gasteiger partial charge in [-0.1, -0.05) is 18.2 Å². The summed E-state index contributed by atoms with van der Waals surface area (Å²) in [6, 6.07) is 9.36. The van der Waals surface area contributed by atoms with Crippen LogP contribution in [-0.4, -0.2) is 30.9 Å². The van der Waals surface area contributed by atoms with Crippen LogP contribution in [0.15, 0.2) is 36.5 Å². The quantitative estimate of drug-likeness (QED) is 0.847. The van der Waals surface area contributed by atoms with Gasteiger partial charge in [0.2, 0.25) is 0 Å². The summed E-state index contributed by atoms with van der Waals surface area (Å²) in [5, 5.41) is 9.08. The number of hydrogen-bond donors (Lipinski definition) is 1. The summed E-state index contributed by atoms with van der Waals surface area (Å²) in [7, 11) is 3.15. The van der Waals surface area contributed by atoms with Crippen LogP contribution in [0.2, 0.25) is 0 Å². The van der Waals surface area contributed by atoms with Gasteiger partial charge < -0.3 is 19.3 Å². The summed E-state index contributed by atoms with van der Waals surface area (Å²) in [6.07, 6.45) is 2.21. The Morgan fingerprint density at radius 3 is 2.57 bits per heavy atom. The van der Waals surface area contributed by atoms with Gasteiger partial charge in [0.25, 0.3) is 0 Å². The van der Waals surface area contributed by atoms with Crippen molar-refractivity contribution in [1.82, 2.24) is 4.98 Å². The Bertz CT molecular complexity index is 586. The number of nitrogens with zero attached hydrogens (tertiary/aromatic N) is 1. The van der Waals surface area contributed by atoms with Crippen molar-refractivity contribution in [3.63, 3.8) is 0 Å². The van der Waals surface area contributed by atoms with Gasteiger partial charge in [-0.25, -0.2) is 0 Å². The van der Waals surface area contributed by atoms with Crippen molar-refractivity contribution in [2.45, 2.75) is 13.0 Å². The third-order valence-electron chi connectivity index (χ3n) is 3.08. The summed E-state index contributed by atoms with van der Waals surface area (Å²) in [5.41, 5.74) is 1.62. The van der Waals surface area contributed by atoms with E-state index in [1.165, 1.54) is 0 Å². The molecule has 1 N–H and O–H groups in total. The zero-order valence-electron chi connectivity index (χ0n) is 12.2. The zero-order chi connectivity index (χ0) is 15.1. The molecule has 2 rings (SSSR count). The predicted octanol–water partition coefficient (Wildman–Crippen LogP) is 2.21. The first-order chi connectivity index (χ1) is 10.3. The van der Waals surface area contributed by atoms with E-state index >= 15 is 0 Å². The number of aliphatic hydroxyl groups excluding tert-OH is 1. The summed E-state index contributed by atoms with van der Waals surface area (Å²) in [6.45, 7) is 0.351. The van der Waals surface area contributed by atoms with Gasteiger partial charge in [0.15, 0.2) is 11.5 Å². The molecule has 5 nitrogen and oxygen atoms in total. The van der Waals surface area contributed by atoms with E-state index in [0.29, 0.717) is 23.6 Å². The van der Waals surface area contributed by atoms with Crippen molar-refractivity contribution in [2.24, 2.45) is 0 Å². The van der Waals surface area contributed by atoms with Gasteiger partial charge in [-0.05, 0) is 18.1 Å². The van der Waals surface area contributed by atoms with E-state index in [0.717, 1.165) is 11.3 Å². The SMILES string of the molecule is COc1ccnc(COc2ccccc2CCO)c1OC. The van der Waals surface area contributed by atoms with Crippen molar-refractivity contribution < 1.29 is 19.3 Å².